The highest BCUT2D eigenvalue weighted by molar-refractivity contribution is 7.98. The normalized spacial score (nSPS) is 13.1. The topological polar surface area (TPSA) is 25.2 Å². The Bertz CT molecular complexity index is 260. The minimum atomic E-state index is -0.295. The van der Waals surface area contributed by atoms with Gasteiger partial charge in [0.25, 0.3) is 0 Å². The maximum atomic E-state index is 9.60. The summed E-state index contributed by atoms with van der Waals surface area (Å²) < 4.78 is 2.16. The first kappa shape index (κ1) is 11.7. The molecule has 1 unspecified atom stereocenters. The number of thioether (sulfide) groups is 1. The molecule has 0 saturated heterocycles. The van der Waals surface area contributed by atoms with E-state index in [2.05, 4.69) is 23.2 Å². The zero-order valence-electron chi connectivity index (χ0n) is 8.94. The van der Waals surface area contributed by atoms with Crippen molar-refractivity contribution in [2.45, 2.75) is 32.4 Å². The number of nitrogens with zero attached hydrogens (tertiary/aromatic N) is 1. The highest BCUT2D eigenvalue weighted by Gasteiger charge is 2.05. The van der Waals surface area contributed by atoms with Crippen LogP contribution in [-0.4, -0.2) is 21.7 Å². The minimum Gasteiger partial charge on any atom is -0.388 e. The Labute approximate surface area is 90.3 Å². The van der Waals surface area contributed by atoms with Gasteiger partial charge in [-0.3, -0.25) is 0 Å². The predicted octanol–water partition coefficient (Wildman–Crippen LogP) is 2.68. The van der Waals surface area contributed by atoms with Gasteiger partial charge in [-0.05, 0) is 36.5 Å². The second-order valence-corrected chi connectivity index (χ2v) is 4.44. The summed E-state index contributed by atoms with van der Waals surface area (Å²) in [6.07, 6.45) is 7.91. The van der Waals surface area contributed by atoms with E-state index in [0.29, 0.717) is 0 Å². The van der Waals surface area contributed by atoms with E-state index in [1.54, 1.807) is 0 Å². The van der Waals surface area contributed by atoms with Crippen LogP contribution in [0.3, 0.4) is 0 Å². The Balaban J connectivity index is 2.42. The van der Waals surface area contributed by atoms with E-state index in [-0.39, 0.29) is 6.10 Å². The average Bonchev–Trinajstić information content (AvgIpc) is 2.66. The van der Waals surface area contributed by atoms with Crippen LogP contribution in [0.25, 0.3) is 0 Å². The second-order valence-electron chi connectivity index (χ2n) is 3.45. The second kappa shape index (κ2) is 6.14. The van der Waals surface area contributed by atoms with Crippen molar-refractivity contribution in [3.05, 3.63) is 24.0 Å². The van der Waals surface area contributed by atoms with Crippen LogP contribution in [-0.2, 0) is 6.54 Å². The smallest absolute Gasteiger partial charge is 0.0802 e. The lowest BCUT2D eigenvalue weighted by Crippen LogP contribution is -1.97. The molecule has 0 bridgehead atoms. The average molecular weight is 213 g/mol. The molecule has 0 fully saturated rings. The Hall–Kier alpha value is -0.410. The maximum absolute atomic E-state index is 9.60. The predicted molar refractivity (Wildman–Crippen MR) is 62.7 cm³/mol. The van der Waals surface area contributed by atoms with Gasteiger partial charge in [0.05, 0.1) is 6.10 Å². The molecule has 1 N–H and O–H groups in total. The molecule has 0 saturated carbocycles. The third-order valence-electron chi connectivity index (χ3n) is 2.31. The fourth-order valence-corrected chi connectivity index (χ4v) is 1.84. The summed E-state index contributed by atoms with van der Waals surface area (Å²) in [6, 6.07) is 2.01. The molecule has 80 valence electrons. The number of aromatic nitrogens is 1. The molecule has 3 heteroatoms. The zero-order chi connectivity index (χ0) is 10.4. The van der Waals surface area contributed by atoms with E-state index in [4.69, 9.17) is 0 Å². The third kappa shape index (κ3) is 3.39. The fourth-order valence-electron chi connectivity index (χ4n) is 1.42. The number of hydrogen-bond acceptors (Lipinski definition) is 2. The molecule has 0 aliphatic heterocycles. The zero-order valence-corrected chi connectivity index (χ0v) is 9.76. The van der Waals surface area contributed by atoms with E-state index >= 15 is 0 Å². The molecular formula is C11H19NOS. The molecule has 1 rings (SSSR count). The molecule has 2 nitrogen and oxygen atoms in total. The number of rotatable bonds is 6. The van der Waals surface area contributed by atoms with Crippen LogP contribution in [0.2, 0.25) is 0 Å². The van der Waals surface area contributed by atoms with E-state index in [1.807, 2.05) is 24.8 Å². The largest absolute Gasteiger partial charge is 0.388 e. The van der Waals surface area contributed by atoms with Crippen molar-refractivity contribution in [3.8, 4) is 0 Å². The van der Waals surface area contributed by atoms with Gasteiger partial charge in [0, 0.05) is 18.9 Å². The number of aliphatic hydroxyl groups is 1. The SMILES string of the molecule is CCC(O)c1ccn(CCCSC)c1. The summed E-state index contributed by atoms with van der Waals surface area (Å²) >= 11 is 1.88. The van der Waals surface area contributed by atoms with Crippen LogP contribution in [0.4, 0.5) is 0 Å². The van der Waals surface area contributed by atoms with Crippen molar-refractivity contribution in [2.24, 2.45) is 0 Å². The van der Waals surface area contributed by atoms with E-state index in [0.717, 1.165) is 18.5 Å². The van der Waals surface area contributed by atoms with Crippen LogP contribution in [0.1, 0.15) is 31.4 Å². The molecular weight excluding hydrogens is 194 g/mol. The Kier molecular flexibility index (Phi) is 5.12. The van der Waals surface area contributed by atoms with Gasteiger partial charge in [-0.25, -0.2) is 0 Å². The fraction of sp³-hybridized carbons (Fsp3) is 0.636. The molecule has 0 spiro atoms. The summed E-state index contributed by atoms with van der Waals surface area (Å²) in [4.78, 5) is 0. The van der Waals surface area contributed by atoms with Gasteiger partial charge in [-0.1, -0.05) is 6.92 Å². The molecule has 1 heterocycles. The van der Waals surface area contributed by atoms with E-state index in [9.17, 15) is 5.11 Å². The summed E-state index contributed by atoms with van der Waals surface area (Å²) in [5.41, 5.74) is 1.04. The van der Waals surface area contributed by atoms with Crippen LogP contribution in [0.5, 0.6) is 0 Å². The van der Waals surface area contributed by atoms with Crippen molar-refractivity contribution in [1.82, 2.24) is 4.57 Å². The van der Waals surface area contributed by atoms with Crippen LogP contribution >= 0.6 is 11.8 Å². The Morgan fingerprint density at radius 1 is 1.57 bits per heavy atom. The summed E-state index contributed by atoms with van der Waals surface area (Å²) in [5.74, 6) is 1.20. The Morgan fingerprint density at radius 2 is 2.36 bits per heavy atom. The molecule has 0 amide bonds. The highest BCUT2D eigenvalue weighted by Crippen LogP contribution is 2.16. The lowest BCUT2D eigenvalue weighted by Gasteiger charge is -2.04. The molecule has 1 aromatic heterocycles. The van der Waals surface area contributed by atoms with E-state index in [1.165, 1.54) is 12.2 Å². The van der Waals surface area contributed by atoms with E-state index < -0.39 is 0 Å². The molecule has 0 aliphatic rings. The lowest BCUT2D eigenvalue weighted by molar-refractivity contribution is 0.173. The summed E-state index contributed by atoms with van der Waals surface area (Å²) in [5, 5.41) is 9.60. The van der Waals surface area contributed by atoms with Gasteiger partial charge in [-0.15, -0.1) is 0 Å². The summed E-state index contributed by atoms with van der Waals surface area (Å²) in [6.45, 7) is 3.05. The number of aliphatic hydroxyl groups excluding tert-OH is 1. The van der Waals surface area contributed by atoms with Gasteiger partial charge in [0.1, 0.15) is 0 Å². The first-order valence-electron chi connectivity index (χ1n) is 5.10. The summed E-state index contributed by atoms with van der Waals surface area (Å²) in [7, 11) is 0. The molecule has 1 atom stereocenters. The van der Waals surface area contributed by atoms with Gasteiger partial charge in [-0.2, -0.15) is 11.8 Å². The monoisotopic (exact) mass is 213 g/mol. The van der Waals surface area contributed by atoms with Gasteiger partial charge < -0.3 is 9.67 Å². The third-order valence-corrected chi connectivity index (χ3v) is 3.01. The first-order chi connectivity index (χ1) is 6.77. The quantitative estimate of drug-likeness (QED) is 0.735. The van der Waals surface area contributed by atoms with Crippen molar-refractivity contribution in [2.75, 3.05) is 12.0 Å². The molecule has 14 heavy (non-hydrogen) atoms. The Morgan fingerprint density at radius 3 is 3.00 bits per heavy atom. The standard InChI is InChI=1S/C11H19NOS/c1-3-11(13)10-5-7-12(9-10)6-4-8-14-2/h5,7,9,11,13H,3-4,6,8H2,1-2H3. The molecule has 0 aliphatic carbocycles. The highest BCUT2D eigenvalue weighted by atomic mass is 32.2. The van der Waals surface area contributed by atoms with Crippen LogP contribution in [0.15, 0.2) is 18.5 Å². The van der Waals surface area contributed by atoms with Crippen LogP contribution in [0, 0.1) is 0 Å². The van der Waals surface area contributed by atoms with Crippen molar-refractivity contribution in [1.29, 1.82) is 0 Å². The van der Waals surface area contributed by atoms with Crippen molar-refractivity contribution in [3.63, 3.8) is 0 Å². The molecule has 0 aromatic carbocycles. The van der Waals surface area contributed by atoms with Crippen molar-refractivity contribution < 1.29 is 5.11 Å². The first-order valence-corrected chi connectivity index (χ1v) is 6.50. The van der Waals surface area contributed by atoms with Gasteiger partial charge in [0.2, 0.25) is 0 Å². The maximum Gasteiger partial charge on any atom is 0.0802 e. The minimum absolute atomic E-state index is 0.295. The lowest BCUT2D eigenvalue weighted by atomic mass is 10.1. The molecule has 0 radical (unpaired) electrons. The van der Waals surface area contributed by atoms with Gasteiger partial charge >= 0.3 is 0 Å². The van der Waals surface area contributed by atoms with Crippen molar-refractivity contribution >= 4 is 11.8 Å². The molecule has 1 aromatic rings. The number of aryl methyl sites for hydroxylation is 1. The van der Waals surface area contributed by atoms with Crippen LogP contribution < -0.4 is 0 Å². The number of hydrogen-bond donors (Lipinski definition) is 1. The van der Waals surface area contributed by atoms with Gasteiger partial charge in [0.15, 0.2) is 0 Å².